The molecular weight excluding hydrogens is 306 g/mol. The maximum absolute atomic E-state index is 12.6. The lowest BCUT2D eigenvalue weighted by Gasteiger charge is -2.29. The Morgan fingerprint density at radius 2 is 2.05 bits per heavy atom. The maximum Gasteiger partial charge on any atom is 0.157 e. The number of benzene rings is 1. The van der Waals surface area contributed by atoms with Crippen LogP contribution >= 0.6 is 11.6 Å². The third kappa shape index (κ3) is 4.70. The number of nitrogens with one attached hydrogen (secondary N) is 1. The van der Waals surface area contributed by atoms with Gasteiger partial charge in [-0.1, -0.05) is 43.1 Å². The van der Waals surface area contributed by atoms with Gasteiger partial charge in [-0.05, 0) is 43.9 Å². The third-order valence-corrected chi connectivity index (χ3v) is 6.66. The Bertz CT molecular complexity index is 559. The smallest absolute Gasteiger partial charge is 0.157 e. The van der Waals surface area contributed by atoms with Crippen molar-refractivity contribution >= 4 is 21.4 Å². The summed E-state index contributed by atoms with van der Waals surface area (Å²) in [6.07, 6.45) is 4.64. The topological polar surface area (TPSA) is 46.2 Å². The lowest BCUT2D eigenvalue weighted by atomic mass is 9.95. The summed E-state index contributed by atoms with van der Waals surface area (Å²) in [6, 6.07) is 7.55. The number of halogens is 1. The van der Waals surface area contributed by atoms with Crippen molar-refractivity contribution in [2.75, 3.05) is 6.54 Å². The van der Waals surface area contributed by atoms with Crippen molar-refractivity contribution in [2.24, 2.45) is 0 Å². The van der Waals surface area contributed by atoms with Crippen molar-refractivity contribution in [3.8, 4) is 0 Å². The van der Waals surface area contributed by atoms with Crippen LogP contribution < -0.4 is 5.32 Å². The Balaban J connectivity index is 2.03. The lowest BCUT2D eigenvalue weighted by Crippen LogP contribution is -2.39. The van der Waals surface area contributed by atoms with E-state index in [1.54, 1.807) is 12.1 Å². The van der Waals surface area contributed by atoms with Crippen molar-refractivity contribution in [1.82, 2.24) is 5.32 Å². The highest BCUT2D eigenvalue weighted by molar-refractivity contribution is 7.91. The number of hydrogen-bond acceptors (Lipinski definition) is 3. The summed E-state index contributed by atoms with van der Waals surface area (Å²) in [5.74, 6) is 0.0534. The zero-order chi connectivity index (χ0) is 15.3. The van der Waals surface area contributed by atoms with Crippen LogP contribution in [0.4, 0.5) is 0 Å². The fourth-order valence-corrected chi connectivity index (χ4v) is 5.21. The molecule has 0 spiro atoms. The second-order valence-electron chi connectivity index (χ2n) is 5.84. The molecule has 1 aromatic carbocycles. The minimum absolute atomic E-state index is 0.0534. The van der Waals surface area contributed by atoms with Crippen LogP contribution in [-0.4, -0.2) is 26.3 Å². The molecule has 3 nitrogen and oxygen atoms in total. The van der Waals surface area contributed by atoms with Crippen LogP contribution in [0, 0.1) is 0 Å². The highest BCUT2D eigenvalue weighted by Gasteiger charge is 2.31. The molecule has 2 rings (SSSR count). The Morgan fingerprint density at radius 3 is 2.76 bits per heavy atom. The first-order valence-corrected chi connectivity index (χ1v) is 9.80. The van der Waals surface area contributed by atoms with Crippen molar-refractivity contribution in [1.29, 1.82) is 0 Å². The first-order valence-electron chi connectivity index (χ1n) is 7.71. The average molecular weight is 330 g/mol. The SMILES string of the molecule is CCCNC1CCCC(S(=O)(=O)Cc2ccccc2Cl)C1. The van der Waals surface area contributed by atoms with Crippen LogP contribution in [0.3, 0.4) is 0 Å². The highest BCUT2D eigenvalue weighted by Crippen LogP contribution is 2.28. The Morgan fingerprint density at radius 1 is 1.29 bits per heavy atom. The van der Waals surface area contributed by atoms with E-state index in [2.05, 4.69) is 12.2 Å². The first kappa shape index (κ1) is 16.8. The molecule has 2 atom stereocenters. The van der Waals surface area contributed by atoms with E-state index in [0.717, 1.165) is 38.6 Å². The highest BCUT2D eigenvalue weighted by atomic mass is 35.5. The molecule has 1 fully saturated rings. The predicted octanol–water partition coefficient (Wildman–Crippen LogP) is 3.57. The van der Waals surface area contributed by atoms with Crippen LogP contribution in [-0.2, 0) is 15.6 Å². The van der Waals surface area contributed by atoms with Gasteiger partial charge in [-0.15, -0.1) is 0 Å². The molecule has 0 radical (unpaired) electrons. The average Bonchev–Trinajstić information content (AvgIpc) is 2.48. The van der Waals surface area contributed by atoms with E-state index in [1.165, 1.54) is 0 Å². The van der Waals surface area contributed by atoms with E-state index in [0.29, 0.717) is 16.6 Å². The van der Waals surface area contributed by atoms with E-state index in [9.17, 15) is 8.42 Å². The zero-order valence-corrected chi connectivity index (χ0v) is 14.1. The summed E-state index contributed by atoms with van der Waals surface area (Å²) in [4.78, 5) is 0. The molecule has 1 N–H and O–H groups in total. The predicted molar refractivity (Wildman–Crippen MR) is 88.4 cm³/mol. The first-order chi connectivity index (χ1) is 10.0. The molecule has 0 aromatic heterocycles. The molecule has 2 unspecified atom stereocenters. The van der Waals surface area contributed by atoms with Gasteiger partial charge in [0.2, 0.25) is 0 Å². The molecule has 1 saturated carbocycles. The van der Waals surface area contributed by atoms with Gasteiger partial charge in [-0.2, -0.15) is 0 Å². The summed E-state index contributed by atoms with van der Waals surface area (Å²) in [5.41, 5.74) is 0.711. The standard InChI is InChI=1S/C16H24ClNO2S/c1-2-10-18-14-7-5-8-15(11-14)21(19,20)12-13-6-3-4-9-16(13)17/h3-4,6,9,14-15,18H,2,5,7-8,10-12H2,1H3. The molecular formula is C16H24ClNO2S. The molecule has 5 heteroatoms. The monoisotopic (exact) mass is 329 g/mol. The molecule has 1 aliphatic carbocycles. The second-order valence-corrected chi connectivity index (χ2v) is 8.53. The van der Waals surface area contributed by atoms with E-state index in [-0.39, 0.29) is 11.0 Å². The van der Waals surface area contributed by atoms with E-state index >= 15 is 0 Å². The normalized spacial score (nSPS) is 23.1. The quantitative estimate of drug-likeness (QED) is 0.868. The van der Waals surface area contributed by atoms with E-state index in [4.69, 9.17) is 11.6 Å². The van der Waals surface area contributed by atoms with Crippen molar-refractivity contribution in [3.05, 3.63) is 34.9 Å². The Kier molecular flexibility index (Phi) is 6.08. The fraction of sp³-hybridized carbons (Fsp3) is 0.625. The minimum atomic E-state index is -3.14. The number of hydrogen-bond donors (Lipinski definition) is 1. The van der Waals surface area contributed by atoms with Crippen molar-refractivity contribution < 1.29 is 8.42 Å². The van der Waals surface area contributed by atoms with Gasteiger partial charge in [0.05, 0.1) is 11.0 Å². The number of rotatable bonds is 6. The molecule has 1 aromatic rings. The Labute approximate surface area is 133 Å². The molecule has 0 saturated heterocycles. The summed E-state index contributed by atoms with van der Waals surface area (Å²) < 4.78 is 25.3. The molecule has 118 valence electrons. The third-order valence-electron chi connectivity index (χ3n) is 4.13. The minimum Gasteiger partial charge on any atom is -0.314 e. The summed E-state index contributed by atoms with van der Waals surface area (Å²) in [6.45, 7) is 3.09. The molecule has 0 amide bonds. The van der Waals surface area contributed by atoms with Crippen molar-refractivity contribution in [3.63, 3.8) is 0 Å². The van der Waals surface area contributed by atoms with Crippen molar-refractivity contribution in [2.45, 2.75) is 56.1 Å². The van der Waals surface area contributed by atoms with Crippen LogP contribution in [0.1, 0.15) is 44.6 Å². The van der Waals surface area contributed by atoms with Gasteiger partial charge < -0.3 is 5.32 Å². The molecule has 1 aliphatic rings. The largest absolute Gasteiger partial charge is 0.314 e. The fourth-order valence-electron chi connectivity index (χ4n) is 2.96. The van der Waals surface area contributed by atoms with Gasteiger partial charge in [0.15, 0.2) is 9.84 Å². The van der Waals surface area contributed by atoms with E-state index < -0.39 is 9.84 Å². The molecule has 0 bridgehead atoms. The van der Waals surface area contributed by atoms with Crippen LogP contribution in [0.2, 0.25) is 5.02 Å². The van der Waals surface area contributed by atoms with Gasteiger partial charge in [0, 0.05) is 11.1 Å². The van der Waals surface area contributed by atoms with Gasteiger partial charge in [0.25, 0.3) is 0 Å². The zero-order valence-electron chi connectivity index (χ0n) is 12.5. The van der Waals surface area contributed by atoms with Gasteiger partial charge >= 0.3 is 0 Å². The van der Waals surface area contributed by atoms with Gasteiger partial charge in [-0.3, -0.25) is 0 Å². The van der Waals surface area contributed by atoms with Crippen LogP contribution in [0.25, 0.3) is 0 Å². The second kappa shape index (κ2) is 7.61. The van der Waals surface area contributed by atoms with Gasteiger partial charge in [-0.25, -0.2) is 8.42 Å². The number of sulfone groups is 1. The molecule has 21 heavy (non-hydrogen) atoms. The summed E-state index contributed by atoms with van der Waals surface area (Å²) >= 11 is 6.09. The lowest BCUT2D eigenvalue weighted by molar-refractivity contribution is 0.372. The van der Waals surface area contributed by atoms with Crippen LogP contribution in [0.5, 0.6) is 0 Å². The summed E-state index contributed by atoms with van der Waals surface area (Å²) in [7, 11) is -3.14. The van der Waals surface area contributed by atoms with Crippen LogP contribution in [0.15, 0.2) is 24.3 Å². The van der Waals surface area contributed by atoms with E-state index in [1.807, 2.05) is 12.1 Å². The molecule has 0 heterocycles. The van der Waals surface area contributed by atoms with Gasteiger partial charge in [0.1, 0.15) is 0 Å². The maximum atomic E-state index is 12.6. The Hall–Kier alpha value is -0.580. The molecule has 0 aliphatic heterocycles. The summed E-state index contributed by atoms with van der Waals surface area (Å²) in [5, 5.41) is 3.76.